The number of ether oxygens (including phenoxy) is 5. The van der Waals surface area contributed by atoms with Gasteiger partial charge in [0.2, 0.25) is 0 Å². The summed E-state index contributed by atoms with van der Waals surface area (Å²) < 4.78 is 29.3. The van der Waals surface area contributed by atoms with Gasteiger partial charge in [0.15, 0.2) is 17.5 Å². The maximum absolute atomic E-state index is 14.8. The number of hydrogen-bond donors (Lipinski definition) is 5. The Labute approximate surface area is 326 Å². The number of aliphatic hydroxyl groups is 4. The van der Waals surface area contributed by atoms with Crippen LogP contribution in [0.1, 0.15) is 92.7 Å². The summed E-state index contributed by atoms with van der Waals surface area (Å²) in [5.41, 5.74) is -8.06. The van der Waals surface area contributed by atoms with Crippen LogP contribution in [0.4, 0.5) is 4.79 Å². The van der Waals surface area contributed by atoms with Gasteiger partial charge in [-0.25, -0.2) is 9.59 Å². The zero-order valence-electron chi connectivity index (χ0n) is 33.2. The Hall–Kier alpha value is -4.15. The lowest BCUT2D eigenvalue weighted by atomic mass is 9.44. The van der Waals surface area contributed by atoms with Crippen LogP contribution in [0.3, 0.4) is 0 Å². The maximum Gasteiger partial charge on any atom is 0.408 e. The van der Waals surface area contributed by atoms with E-state index in [1.807, 2.05) is 0 Å². The summed E-state index contributed by atoms with van der Waals surface area (Å²) in [6.45, 7) is 15.5. The average Bonchev–Trinajstić information content (AvgIpc) is 3.10. The third kappa shape index (κ3) is 7.28. The van der Waals surface area contributed by atoms with Crippen LogP contribution >= 0.6 is 0 Å². The number of rotatable bonds is 10. The third-order valence-corrected chi connectivity index (χ3v) is 12.1. The number of carbonyl (C=O) groups excluding carboxylic acids is 5. The van der Waals surface area contributed by atoms with Crippen molar-refractivity contribution in [3.05, 3.63) is 59.7 Å². The van der Waals surface area contributed by atoms with Gasteiger partial charge in [0, 0.05) is 31.6 Å². The molecule has 15 heteroatoms. The molecule has 11 atom stereocenters. The first kappa shape index (κ1) is 43.0. The number of Topliss-reactive ketones (excluding diaryl/α,β-unsaturated/α-hetero) is 1. The molecule has 1 amide bonds. The van der Waals surface area contributed by atoms with E-state index in [4.69, 9.17) is 23.7 Å². The fourth-order valence-electron chi connectivity index (χ4n) is 9.22. The van der Waals surface area contributed by atoms with Crippen molar-refractivity contribution in [2.45, 2.75) is 141 Å². The first-order chi connectivity index (χ1) is 26.0. The zero-order chi connectivity index (χ0) is 41.8. The fourth-order valence-corrected chi connectivity index (χ4v) is 9.22. The number of benzene rings is 1. The zero-order valence-corrected chi connectivity index (χ0v) is 33.2. The second kappa shape index (κ2) is 15.3. The van der Waals surface area contributed by atoms with E-state index in [-0.39, 0.29) is 37.0 Å². The number of carbonyl (C=O) groups is 5. The van der Waals surface area contributed by atoms with Crippen LogP contribution in [0.25, 0.3) is 0 Å². The number of allylic oxidation sites excluding steroid dienone is 1. The van der Waals surface area contributed by atoms with Crippen molar-refractivity contribution in [3.8, 4) is 0 Å². The lowest BCUT2D eigenvalue weighted by Gasteiger charge is -2.67. The minimum Gasteiger partial charge on any atom is -0.459 e. The van der Waals surface area contributed by atoms with Gasteiger partial charge in [0.1, 0.15) is 35.6 Å². The standard InChI is InChI=1S/C41H55NO14/c1-10-11-17-27(45)54-34-32-39(9,25(44)18-26-40(32,20-52-26)55-22(3)43)33(48)30(46)28-21(2)24(19-41(34,51)38(28,7)8)53-35(49)31(47)29(23-15-13-12-14-16-23)42-36(50)56-37(4,5)6/h10,12-16,24-26,29-32,34,44,46-47,51H,1,11,17-20H2,2-9H3,(H,42,50)/t24-,25-,26+,29-,30+,31+,32-,34-,39+,40-,41+/m0/s1. The van der Waals surface area contributed by atoms with Gasteiger partial charge < -0.3 is 49.4 Å². The van der Waals surface area contributed by atoms with Crippen molar-refractivity contribution in [3.63, 3.8) is 0 Å². The van der Waals surface area contributed by atoms with Crippen LogP contribution in [0.2, 0.25) is 0 Å². The topological polar surface area (TPSA) is 224 Å². The largest absolute Gasteiger partial charge is 0.459 e. The number of fused-ring (bicyclic) bond motifs is 5. The molecule has 3 aliphatic carbocycles. The first-order valence-electron chi connectivity index (χ1n) is 18.8. The van der Waals surface area contributed by atoms with Crippen molar-refractivity contribution >= 4 is 29.8 Å². The van der Waals surface area contributed by atoms with Crippen molar-refractivity contribution < 1.29 is 68.1 Å². The number of hydrogen-bond acceptors (Lipinski definition) is 14. The molecular weight excluding hydrogens is 730 g/mol. The molecule has 0 radical (unpaired) electrons. The molecule has 4 aliphatic rings. The Morgan fingerprint density at radius 3 is 2.29 bits per heavy atom. The molecule has 5 N–H and O–H groups in total. The van der Waals surface area contributed by atoms with Crippen LogP contribution in [0, 0.1) is 16.7 Å². The molecule has 3 fully saturated rings. The maximum atomic E-state index is 14.8. The second-order valence-electron chi connectivity index (χ2n) is 17.1. The predicted molar refractivity (Wildman–Crippen MR) is 197 cm³/mol. The van der Waals surface area contributed by atoms with E-state index in [1.54, 1.807) is 65.0 Å². The minimum absolute atomic E-state index is 0.0532. The van der Waals surface area contributed by atoms with Crippen molar-refractivity contribution in [2.75, 3.05) is 6.61 Å². The summed E-state index contributed by atoms with van der Waals surface area (Å²) in [5, 5.41) is 51.2. The van der Waals surface area contributed by atoms with Gasteiger partial charge in [-0.05, 0) is 57.7 Å². The fraction of sp³-hybridized carbons (Fsp3) is 0.634. The lowest BCUT2D eigenvalue weighted by molar-refractivity contribution is -0.347. The molecular formula is C41H55NO14. The highest BCUT2D eigenvalue weighted by atomic mass is 16.6. The van der Waals surface area contributed by atoms with E-state index in [1.165, 1.54) is 19.9 Å². The van der Waals surface area contributed by atoms with Crippen molar-refractivity contribution in [1.82, 2.24) is 5.32 Å². The number of alkyl carbamates (subject to hydrolysis) is 1. The highest BCUT2D eigenvalue weighted by Crippen LogP contribution is 2.64. The van der Waals surface area contributed by atoms with E-state index in [9.17, 15) is 44.4 Å². The molecule has 1 aromatic rings. The van der Waals surface area contributed by atoms with Crippen LogP contribution < -0.4 is 5.32 Å². The van der Waals surface area contributed by atoms with Gasteiger partial charge in [-0.3, -0.25) is 14.4 Å². The quantitative estimate of drug-likeness (QED) is 0.131. The SMILES string of the molecule is C=CCCC(=O)O[C@H]1[C@@H]2[C@]3(OC(C)=O)CO[C@@H]3C[C@H](O)[C@@]2(C)C(=O)[C@H](O)C2=C(C)[C@@H](OC(=O)[C@H](O)[C@@H](NC(=O)OC(C)(C)C)c3ccccc3)C[C@]1(O)C2(C)C. The van der Waals surface area contributed by atoms with E-state index in [0.717, 1.165) is 6.92 Å². The molecule has 2 saturated carbocycles. The lowest BCUT2D eigenvalue weighted by Crippen LogP contribution is -2.81. The molecule has 15 nitrogen and oxygen atoms in total. The van der Waals surface area contributed by atoms with E-state index in [2.05, 4.69) is 11.9 Å². The van der Waals surface area contributed by atoms with Crippen molar-refractivity contribution in [1.29, 1.82) is 0 Å². The molecule has 56 heavy (non-hydrogen) atoms. The molecule has 2 bridgehead atoms. The smallest absolute Gasteiger partial charge is 0.408 e. The molecule has 0 spiro atoms. The molecule has 0 unspecified atom stereocenters. The van der Waals surface area contributed by atoms with Gasteiger partial charge in [0.25, 0.3) is 0 Å². The predicted octanol–water partition coefficient (Wildman–Crippen LogP) is 2.91. The average molecular weight is 786 g/mol. The second-order valence-corrected chi connectivity index (χ2v) is 17.1. The van der Waals surface area contributed by atoms with Crippen molar-refractivity contribution in [2.24, 2.45) is 16.7 Å². The van der Waals surface area contributed by atoms with Gasteiger partial charge in [-0.2, -0.15) is 0 Å². The summed E-state index contributed by atoms with van der Waals surface area (Å²) in [6, 6.07) is 6.78. The van der Waals surface area contributed by atoms with Gasteiger partial charge >= 0.3 is 24.0 Å². The van der Waals surface area contributed by atoms with E-state index in [0.29, 0.717) is 5.56 Å². The summed E-state index contributed by atoms with van der Waals surface area (Å²) in [7, 11) is 0. The summed E-state index contributed by atoms with van der Waals surface area (Å²) >= 11 is 0. The van der Waals surface area contributed by atoms with Crippen LogP contribution in [0.15, 0.2) is 54.1 Å². The number of aliphatic hydroxyl groups excluding tert-OH is 3. The van der Waals surface area contributed by atoms with Gasteiger partial charge in [0.05, 0.1) is 30.1 Å². The molecule has 308 valence electrons. The molecule has 1 aliphatic heterocycles. The summed E-state index contributed by atoms with van der Waals surface area (Å²) in [5.74, 6) is -5.19. The van der Waals surface area contributed by atoms with Crippen LogP contribution in [-0.2, 0) is 42.9 Å². The number of ketones is 1. The van der Waals surface area contributed by atoms with Crippen LogP contribution in [-0.4, -0.2) is 110 Å². The highest BCUT2D eigenvalue weighted by Gasteiger charge is 2.78. The summed E-state index contributed by atoms with van der Waals surface area (Å²) in [6.07, 6.45) is -9.80. The Balaban J connectivity index is 1.64. The Bertz CT molecular complexity index is 1770. The number of amides is 1. The van der Waals surface area contributed by atoms with Gasteiger partial charge in [-0.15, -0.1) is 6.58 Å². The Kier molecular flexibility index (Phi) is 11.8. The minimum atomic E-state index is -2.31. The van der Waals surface area contributed by atoms with E-state index < -0.39 is 112 Å². The molecule has 1 heterocycles. The number of esters is 3. The molecule has 1 saturated heterocycles. The Morgan fingerprint density at radius 2 is 1.73 bits per heavy atom. The number of nitrogens with one attached hydrogen (secondary N) is 1. The van der Waals surface area contributed by atoms with Crippen LogP contribution in [0.5, 0.6) is 0 Å². The monoisotopic (exact) mass is 785 g/mol. The third-order valence-electron chi connectivity index (χ3n) is 12.1. The van der Waals surface area contributed by atoms with Gasteiger partial charge in [-0.1, -0.05) is 50.3 Å². The molecule has 5 rings (SSSR count). The summed E-state index contributed by atoms with van der Waals surface area (Å²) in [4.78, 5) is 68.1. The first-order valence-corrected chi connectivity index (χ1v) is 18.8. The van der Waals surface area contributed by atoms with E-state index >= 15 is 0 Å². The normalized spacial score (nSPS) is 34.5. The molecule has 0 aromatic heterocycles. The highest BCUT2D eigenvalue weighted by molar-refractivity contribution is 5.93. The Morgan fingerprint density at radius 1 is 1.09 bits per heavy atom. The molecule has 1 aromatic carbocycles.